The van der Waals surface area contributed by atoms with Crippen LogP contribution in [0.15, 0.2) is 48.9 Å². The molecule has 0 bridgehead atoms. The molecule has 5 aromatic rings. The monoisotopic (exact) mass is 482 g/mol. The van der Waals surface area contributed by atoms with Gasteiger partial charge in [-0.25, -0.2) is 4.98 Å². The fourth-order valence-electron chi connectivity index (χ4n) is 4.44. The molecule has 11 heteroatoms. The Kier molecular flexibility index (Phi) is 5.32. The number of fused-ring (bicyclic) bond motifs is 2. The number of nitrogens with two attached hydrogens (primary N) is 1. The lowest BCUT2D eigenvalue weighted by atomic mass is 10.0. The van der Waals surface area contributed by atoms with Crippen molar-refractivity contribution in [2.75, 3.05) is 5.32 Å². The Bertz CT molecular complexity index is 1580. The Morgan fingerprint density at radius 3 is 2.78 bits per heavy atom. The second-order valence-electron chi connectivity index (χ2n) is 9.29. The molecule has 1 saturated carbocycles. The number of nitrogens with zero attached hydrogens (tertiary/aromatic N) is 8. The van der Waals surface area contributed by atoms with E-state index >= 15 is 0 Å². The first-order valence-electron chi connectivity index (χ1n) is 12.1. The molecule has 0 spiro atoms. The van der Waals surface area contributed by atoms with Crippen molar-refractivity contribution >= 4 is 33.7 Å². The summed E-state index contributed by atoms with van der Waals surface area (Å²) in [5.74, 6) is 0.728. The minimum atomic E-state index is -0.664. The number of amides is 1. The first-order chi connectivity index (χ1) is 17.5. The maximum atomic E-state index is 11.5. The summed E-state index contributed by atoms with van der Waals surface area (Å²) in [6, 6.07) is 10.5. The maximum absolute atomic E-state index is 11.5. The van der Waals surface area contributed by atoms with Gasteiger partial charge >= 0.3 is 0 Å². The molecule has 182 valence electrons. The second-order valence-corrected chi connectivity index (χ2v) is 9.29. The molecule has 4 aromatic heterocycles. The predicted molar refractivity (Wildman–Crippen MR) is 135 cm³/mol. The first kappa shape index (κ1) is 22.1. The second kappa shape index (κ2) is 8.67. The van der Waals surface area contributed by atoms with Crippen LogP contribution >= 0.6 is 0 Å². The SMILES string of the molecule is CCC(C)n1ncc2nc(-n3cc(C(N)=O)nn3)nc(N[C@@H](c3cnc4ccccc4c3)C3CC3)c21. The molecule has 1 amide bonds. The van der Waals surface area contributed by atoms with Gasteiger partial charge in [-0.2, -0.15) is 14.8 Å². The van der Waals surface area contributed by atoms with E-state index < -0.39 is 5.91 Å². The number of carbonyl (C=O) groups excluding carboxylic acids is 1. The fraction of sp³-hybridized carbons (Fsp3) is 0.320. The number of aromatic nitrogens is 8. The lowest BCUT2D eigenvalue weighted by molar-refractivity contribution is 0.0995. The molecule has 0 aliphatic heterocycles. The van der Waals surface area contributed by atoms with E-state index in [1.807, 2.05) is 29.1 Å². The number of hydrogen-bond acceptors (Lipinski definition) is 8. The summed E-state index contributed by atoms with van der Waals surface area (Å²) in [4.78, 5) is 25.7. The van der Waals surface area contributed by atoms with E-state index in [2.05, 4.69) is 51.7 Å². The standard InChI is InChI=1S/C25H26N10O/c1-3-14(2)35-22-19(12-28-35)29-25(34-13-20(23(26)36)32-33-34)31-24(22)30-21(15-8-9-15)17-10-16-6-4-5-7-18(16)27-11-17/h4-7,10-15,21H,3,8-9H2,1-2H3,(H2,26,36)(H,29,30,31)/t14?,21-/m1/s1. The molecule has 1 aliphatic rings. The summed E-state index contributed by atoms with van der Waals surface area (Å²) in [5, 5.41) is 17.3. The summed E-state index contributed by atoms with van der Waals surface area (Å²) >= 11 is 0. The van der Waals surface area contributed by atoms with Crippen molar-refractivity contribution in [2.45, 2.75) is 45.2 Å². The van der Waals surface area contributed by atoms with Crippen LogP contribution in [0.3, 0.4) is 0 Å². The Balaban J connectivity index is 1.47. The van der Waals surface area contributed by atoms with Crippen LogP contribution < -0.4 is 11.1 Å². The number of primary amides is 1. The molecule has 11 nitrogen and oxygen atoms in total. The summed E-state index contributed by atoms with van der Waals surface area (Å²) in [7, 11) is 0. The van der Waals surface area contributed by atoms with E-state index in [9.17, 15) is 4.79 Å². The van der Waals surface area contributed by atoms with Gasteiger partial charge in [0.15, 0.2) is 11.5 Å². The summed E-state index contributed by atoms with van der Waals surface area (Å²) in [6.45, 7) is 4.24. The lowest BCUT2D eigenvalue weighted by Crippen LogP contribution is -2.17. The molecule has 4 heterocycles. The number of pyridine rings is 1. The van der Waals surface area contributed by atoms with E-state index in [1.54, 1.807) is 6.20 Å². The van der Waals surface area contributed by atoms with Crippen LogP contribution in [0, 0.1) is 5.92 Å². The third-order valence-corrected chi connectivity index (χ3v) is 6.75. The minimum absolute atomic E-state index is 0.0188. The molecule has 1 unspecified atom stereocenters. The Hall–Kier alpha value is -4.41. The highest BCUT2D eigenvalue weighted by Crippen LogP contribution is 2.43. The molecule has 1 aliphatic carbocycles. The molecule has 36 heavy (non-hydrogen) atoms. The van der Waals surface area contributed by atoms with Gasteiger partial charge < -0.3 is 11.1 Å². The highest BCUT2D eigenvalue weighted by Gasteiger charge is 2.34. The topological polar surface area (TPSA) is 142 Å². The maximum Gasteiger partial charge on any atom is 0.270 e. The Labute approximate surface area is 206 Å². The summed E-state index contributed by atoms with van der Waals surface area (Å²) in [5.41, 5.74) is 8.97. The number of benzene rings is 1. The first-order valence-corrected chi connectivity index (χ1v) is 12.1. The molecule has 1 fully saturated rings. The molecule has 0 radical (unpaired) electrons. The van der Waals surface area contributed by atoms with E-state index in [0.29, 0.717) is 17.3 Å². The normalized spacial score (nSPS) is 15.3. The van der Waals surface area contributed by atoms with Crippen LogP contribution in [-0.4, -0.2) is 45.6 Å². The molecule has 2 atom stereocenters. The molecule has 6 rings (SSSR count). The zero-order valence-corrected chi connectivity index (χ0v) is 20.0. The van der Waals surface area contributed by atoms with E-state index in [-0.39, 0.29) is 23.7 Å². The zero-order chi connectivity index (χ0) is 24.8. The fourth-order valence-corrected chi connectivity index (χ4v) is 4.44. The highest BCUT2D eigenvalue weighted by molar-refractivity contribution is 5.90. The summed E-state index contributed by atoms with van der Waals surface area (Å²) < 4.78 is 3.31. The average molecular weight is 483 g/mol. The van der Waals surface area contributed by atoms with Crippen LogP contribution in [0.5, 0.6) is 0 Å². The number of nitrogens with one attached hydrogen (secondary N) is 1. The van der Waals surface area contributed by atoms with Crippen molar-refractivity contribution in [1.82, 2.24) is 39.7 Å². The third kappa shape index (κ3) is 3.92. The largest absolute Gasteiger partial charge is 0.364 e. The summed E-state index contributed by atoms with van der Waals surface area (Å²) in [6.07, 6.45) is 8.26. The minimum Gasteiger partial charge on any atom is -0.364 e. The number of rotatable bonds is 8. The van der Waals surface area contributed by atoms with Gasteiger partial charge in [0.1, 0.15) is 11.0 Å². The Morgan fingerprint density at radius 2 is 2.03 bits per heavy atom. The quantitative estimate of drug-likeness (QED) is 0.342. The number of carbonyl (C=O) groups is 1. The van der Waals surface area contributed by atoms with Crippen LogP contribution in [-0.2, 0) is 0 Å². The molecule has 0 saturated heterocycles. The van der Waals surface area contributed by atoms with Gasteiger partial charge in [0.2, 0.25) is 0 Å². The Morgan fingerprint density at radius 1 is 1.19 bits per heavy atom. The van der Waals surface area contributed by atoms with Crippen molar-refractivity contribution < 1.29 is 4.79 Å². The van der Waals surface area contributed by atoms with Crippen molar-refractivity contribution in [3.63, 3.8) is 0 Å². The van der Waals surface area contributed by atoms with Crippen molar-refractivity contribution in [2.24, 2.45) is 11.7 Å². The number of para-hydroxylation sites is 1. The van der Waals surface area contributed by atoms with Crippen molar-refractivity contribution in [3.05, 3.63) is 60.2 Å². The smallest absolute Gasteiger partial charge is 0.270 e. The number of anilines is 1. The zero-order valence-electron chi connectivity index (χ0n) is 20.0. The van der Waals surface area contributed by atoms with Crippen molar-refractivity contribution in [1.29, 1.82) is 0 Å². The highest BCUT2D eigenvalue weighted by atomic mass is 16.1. The molecule has 3 N–H and O–H groups in total. The lowest BCUT2D eigenvalue weighted by Gasteiger charge is -2.21. The molecule has 1 aromatic carbocycles. The van der Waals surface area contributed by atoms with Gasteiger partial charge in [0.25, 0.3) is 11.9 Å². The van der Waals surface area contributed by atoms with Gasteiger partial charge in [0.05, 0.1) is 24.0 Å². The van der Waals surface area contributed by atoms with E-state index in [0.717, 1.165) is 41.2 Å². The van der Waals surface area contributed by atoms with E-state index in [1.165, 1.54) is 10.9 Å². The van der Waals surface area contributed by atoms with E-state index in [4.69, 9.17) is 15.7 Å². The van der Waals surface area contributed by atoms with Gasteiger partial charge in [0, 0.05) is 17.6 Å². The average Bonchev–Trinajstić information content (AvgIpc) is 3.44. The van der Waals surface area contributed by atoms with Crippen LogP contribution in [0.25, 0.3) is 27.9 Å². The number of hydrogen-bond donors (Lipinski definition) is 2. The van der Waals surface area contributed by atoms with Gasteiger partial charge in [-0.1, -0.05) is 30.3 Å². The molecular weight excluding hydrogens is 456 g/mol. The van der Waals surface area contributed by atoms with Crippen LogP contribution in [0.1, 0.15) is 61.2 Å². The predicted octanol–water partition coefficient (Wildman–Crippen LogP) is 3.59. The van der Waals surface area contributed by atoms with Gasteiger partial charge in [-0.05, 0) is 49.8 Å². The molecular formula is C25H26N10O. The van der Waals surface area contributed by atoms with Crippen LogP contribution in [0.4, 0.5) is 5.82 Å². The van der Waals surface area contributed by atoms with Crippen LogP contribution in [0.2, 0.25) is 0 Å². The third-order valence-electron chi connectivity index (χ3n) is 6.75. The van der Waals surface area contributed by atoms with Gasteiger partial charge in [-0.15, -0.1) is 5.10 Å². The van der Waals surface area contributed by atoms with Crippen molar-refractivity contribution in [3.8, 4) is 5.95 Å². The van der Waals surface area contributed by atoms with Gasteiger partial charge in [-0.3, -0.25) is 14.5 Å².